The van der Waals surface area contributed by atoms with E-state index in [0.717, 1.165) is 35.4 Å². The molecule has 0 radical (unpaired) electrons. The minimum Gasteiger partial charge on any atom is -0.354 e. The van der Waals surface area contributed by atoms with E-state index in [-0.39, 0.29) is 11.6 Å². The first kappa shape index (κ1) is 23.3. The highest BCUT2D eigenvalue weighted by Crippen LogP contribution is 2.39. The molecule has 0 atom stereocenters. The number of benzene rings is 3. The van der Waals surface area contributed by atoms with Gasteiger partial charge in [-0.15, -0.1) is 0 Å². The fourth-order valence-corrected chi connectivity index (χ4v) is 4.89. The summed E-state index contributed by atoms with van der Waals surface area (Å²) in [4.78, 5) is 26.5. The summed E-state index contributed by atoms with van der Waals surface area (Å²) in [7, 11) is 0. The van der Waals surface area contributed by atoms with Gasteiger partial charge in [-0.05, 0) is 67.4 Å². The fraction of sp³-hybridized carbons (Fsp3) is 0.222. The number of carbonyl (C=O) groups excluding carboxylic acids is 1. The highest BCUT2D eigenvalue weighted by atomic mass is 79.9. The Labute approximate surface area is 212 Å². The van der Waals surface area contributed by atoms with Crippen LogP contribution in [0.25, 0.3) is 11.3 Å². The van der Waals surface area contributed by atoms with Crippen LogP contribution in [0.3, 0.4) is 0 Å². The lowest BCUT2D eigenvalue weighted by molar-refractivity contribution is -0.384. The molecule has 2 aliphatic rings. The third-order valence-electron chi connectivity index (χ3n) is 6.42. The Kier molecular flexibility index (Phi) is 6.66. The van der Waals surface area contributed by atoms with Gasteiger partial charge in [0.25, 0.3) is 11.6 Å². The normalized spacial score (nSPS) is 17.0. The number of nitro groups is 1. The van der Waals surface area contributed by atoms with Gasteiger partial charge in [-0.1, -0.05) is 46.6 Å². The van der Waals surface area contributed by atoms with Crippen molar-refractivity contribution in [2.24, 2.45) is 0 Å². The first-order valence-electron chi connectivity index (χ1n) is 11.7. The number of carbonyl (C=O) groups is 1. The van der Waals surface area contributed by atoms with Gasteiger partial charge >= 0.3 is 0 Å². The van der Waals surface area contributed by atoms with Crippen molar-refractivity contribution >= 4 is 50.2 Å². The number of piperidine rings is 1. The number of amides is 1. The van der Waals surface area contributed by atoms with Crippen LogP contribution in [-0.2, 0) is 11.3 Å². The maximum atomic E-state index is 13.1. The number of nitrogens with zero attached hydrogens (tertiary/aromatic N) is 2. The molecule has 2 aliphatic heterocycles. The maximum absolute atomic E-state index is 13.1. The molecule has 35 heavy (non-hydrogen) atoms. The molecule has 0 unspecified atom stereocenters. The molecular formula is C27H25BrN4O3. The van der Waals surface area contributed by atoms with Gasteiger partial charge in [0.05, 0.1) is 16.2 Å². The molecule has 0 saturated carbocycles. The van der Waals surface area contributed by atoms with E-state index in [1.165, 1.54) is 37.0 Å². The summed E-state index contributed by atoms with van der Waals surface area (Å²) in [5.74, 6) is -0.298. The zero-order valence-electron chi connectivity index (χ0n) is 19.1. The van der Waals surface area contributed by atoms with Gasteiger partial charge in [0.1, 0.15) is 0 Å². The summed E-state index contributed by atoms with van der Waals surface area (Å²) < 4.78 is 0.916. The molecule has 0 bridgehead atoms. The Hall–Kier alpha value is -3.49. The van der Waals surface area contributed by atoms with Crippen molar-refractivity contribution in [2.45, 2.75) is 25.8 Å². The lowest BCUT2D eigenvalue weighted by Gasteiger charge is -2.26. The van der Waals surface area contributed by atoms with Crippen LogP contribution in [-0.4, -0.2) is 28.8 Å². The van der Waals surface area contributed by atoms with Crippen LogP contribution in [0.5, 0.6) is 0 Å². The topological polar surface area (TPSA) is 87.5 Å². The average Bonchev–Trinajstić information content (AvgIpc) is 3.19. The van der Waals surface area contributed by atoms with E-state index in [2.05, 4.69) is 43.6 Å². The van der Waals surface area contributed by atoms with E-state index in [1.807, 2.05) is 36.4 Å². The number of fused-ring (bicyclic) bond motifs is 1. The Balaban J connectivity index is 1.51. The van der Waals surface area contributed by atoms with E-state index in [1.54, 1.807) is 6.07 Å². The van der Waals surface area contributed by atoms with Crippen molar-refractivity contribution in [1.29, 1.82) is 0 Å². The lowest BCUT2D eigenvalue weighted by Crippen LogP contribution is -2.29. The summed E-state index contributed by atoms with van der Waals surface area (Å²) in [6.07, 6.45) is 3.82. The van der Waals surface area contributed by atoms with Crippen LogP contribution >= 0.6 is 15.9 Å². The first-order valence-corrected chi connectivity index (χ1v) is 12.5. The van der Waals surface area contributed by atoms with Gasteiger partial charge in [0.2, 0.25) is 0 Å². The molecule has 178 valence electrons. The van der Waals surface area contributed by atoms with E-state index < -0.39 is 4.92 Å². The van der Waals surface area contributed by atoms with Crippen molar-refractivity contribution in [3.05, 3.63) is 98.0 Å². The third kappa shape index (κ3) is 5.13. The standard InChI is InChI=1S/C27H25BrN4O3/c28-20-8-6-19(7-9-20)26(25-23-16-22(32(34)35)12-13-24(23)30-27(25)33)29-21-10-4-18(5-11-21)17-31-14-2-1-3-15-31/h4-13,16,29H,1-3,14-15,17H2,(H,30,33)/b26-25-. The van der Waals surface area contributed by atoms with Crippen molar-refractivity contribution in [3.63, 3.8) is 0 Å². The van der Waals surface area contributed by atoms with E-state index in [9.17, 15) is 14.9 Å². The van der Waals surface area contributed by atoms with Crippen LogP contribution in [0, 0.1) is 10.1 Å². The second-order valence-electron chi connectivity index (χ2n) is 8.86. The molecule has 1 saturated heterocycles. The minimum atomic E-state index is -0.450. The smallest absolute Gasteiger partial charge is 0.270 e. The number of rotatable bonds is 6. The summed E-state index contributed by atoms with van der Waals surface area (Å²) in [5.41, 5.74) is 4.87. The quantitative estimate of drug-likeness (QED) is 0.221. The Bertz CT molecular complexity index is 1300. The van der Waals surface area contributed by atoms with E-state index >= 15 is 0 Å². The molecule has 2 N–H and O–H groups in total. The molecular weight excluding hydrogens is 508 g/mol. The summed E-state index contributed by atoms with van der Waals surface area (Å²) in [5, 5.41) is 17.7. The molecule has 0 spiro atoms. The Morgan fingerprint density at radius 2 is 1.71 bits per heavy atom. The molecule has 1 fully saturated rings. The van der Waals surface area contributed by atoms with E-state index in [0.29, 0.717) is 22.5 Å². The largest absolute Gasteiger partial charge is 0.354 e. The highest BCUT2D eigenvalue weighted by Gasteiger charge is 2.30. The second kappa shape index (κ2) is 10.0. The van der Waals surface area contributed by atoms with Gasteiger partial charge in [-0.3, -0.25) is 19.8 Å². The number of hydrogen-bond donors (Lipinski definition) is 2. The zero-order chi connectivity index (χ0) is 24.4. The minimum absolute atomic E-state index is 0.0602. The van der Waals surface area contributed by atoms with Crippen molar-refractivity contribution in [1.82, 2.24) is 4.90 Å². The van der Waals surface area contributed by atoms with Gasteiger partial charge in [0.15, 0.2) is 0 Å². The number of non-ortho nitro benzene ring substituents is 1. The van der Waals surface area contributed by atoms with Crippen LogP contribution in [0.1, 0.15) is 36.0 Å². The molecule has 3 aromatic carbocycles. The third-order valence-corrected chi connectivity index (χ3v) is 6.95. The predicted octanol–water partition coefficient (Wildman–Crippen LogP) is 6.28. The SMILES string of the molecule is O=C1Nc2ccc([N+](=O)[O-])cc2/C1=C(/Nc1ccc(CN2CCCCC2)cc1)c1ccc(Br)cc1. The zero-order valence-corrected chi connectivity index (χ0v) is 20.7. The highest BCUT2D eigenvalue weighted by molar-refractivity contribution is 9.10. The van der Waals surface area contributed by atoms with Gasteiger partial charge in [-0.2, -0.15) is 0 Å². The monoisotopic (exact) mass is 532 g/mol. The molecule has 2 heterocycles. The number of nitrogens with one attached hydrogen (secondary N) is 2. The molecule has 8 heteroatoms. The molecule has 7 nitrogen and oxygen atoms in total. The average molecular weight is 533 g/mol. The fourth-order valence-electron chi connectivity index (χ4n) is 4.63. The Morgan fingerprint density at radius 1 is 1.00 bits per heavy atom. The van der Waals surface area contributed by atoms with Crippen LogP contribution in [0.4, 0.5) is 17.1 Å². The van der Waals surface area contributed by atoms with Gasteiger partial charge in [-0.25, -0.2) is 0 Å². The van der Waals surface area contributed by atoms with Crippen LogP contribution < -0.4 is 10.6 Å². The second-order valence-corrected chi connectivity index (χ2v) is 9.77. The molecule has 0 aromatic heterocycles. The first-order chi connectivity index (χ1) is 17.0. The van der Waals surface area contributed by atoms with Crippen molar-refractivity contribution < 1.29 is 9.72 Å². The number of hydrogen-bond acceptors (Lipinski definition) is 5. The van der Waals surface area contributed by atoms with Crippen LogP contribution in [0.2, 0.25) is 0 Å². The number of anilines is 2. The number of nitro benzene ring substituents is 1. The molecule has 0 aliphatic carbocycles. The van der Waals surface area contributed by atoms with Crippen LogP contribution in [0.15, 0.2) is 71.2 Å². The Morgan fingerprint density at radius 3 is 2.40 bits per heavy atom. The van der Waals surface area contributed by atoms with Crippen molar-refractivity contribution in [2.75, 3.05) is 23.7 Å². The summed E-state index contributed by atoms with van der Waals surface area (Å²) in [6, 6.07) is 20.3. The maximum Gasteiger partial charge on any atom is 0.270 e. The van der Waals surface area contributed by atoms with Gasteiger partial charge in [0, 0.05) is 40.1 Å². The number of halogens is 1. The van der Waals surface area contributed by atoms with E-state index in [4.69, 9.17) is 0 Å². The summed E-state index contributed by atoms with van der Waals surface area (Å²) >= 11 is 3.46. The molecule has 3 aromatic rings. The van der Waals surface area contributed by atoms with Crippen molar-refractivity contribution in [3.8, 4) is 0 Å². The molecule has 1 amide bonds. The number of likely N-dealkylation sites (tertiary alicyclic amines) is 1. The van der Waals surface area contributed by atoms with Gasteiger partial charge < -0.3 is 10.6 Å². The predicted molar refractivity (Wildman–Crippen MR) is 142 cm³/mol. The summed E-state index contributed by atoms with van der Waals surface area (Å²) in [6.45, 7) is 3.21. The molecule has 5 rings (SSSR count). The lowest BCUT2D eigenvalue weighted by atomic mass is 9.99.